The van der Waals surface area contributed by atoms with Gasteiger partial charge in [0.1, 0.15) is 0 Å². The molecule has 1 aliphatic carbocycles. The van der Waals surface area contributed by atoms with Crippen LogP contribution in [-0.2, 0) is 0 Å². The predicted molar refractivity (Wildman–Crippen MR) is 96.1 cm³/mol. The van der Waals surface area contributed by atoms with Crippen LogP contribution in [0.3, 0.4) is 0 Å². The molecule has 1 heterocycles. The molecule has 1 saturated carbocycles. The highest BCUT2D eigenvalue weighted by atomic mass is 79.9. The molecule has 2 N–H and O–H groups in total. The molecule has 1 saturated heterocycles. The van der Waals surface area contributed by atoms with Gasteiger partial charge in [-0.15, -0.1) is 0 Å². The van der Waals surface area contributed by atoms with Crippen molar-refractivity contribution in [2.75, 3.05) is 27.2 Å². The zero-order valence-electron chi connectivity index (χ0n) is 14.1. The van der Waals surface area contributed by atoms with E-state index in [4.69, 9.17) is 15.2 Å². The van der Waals surface area contributed by atoms with E-state index in [0.717, 1.165) is 48.3 Å². The first-order valence-corrected chi connectivity index (χ1v) is 9.36. The average Bonchev–Trinajstić information content (AvgIpc) is 3.18. The zero-order chi connectivity index (χ0) is 16.4. The minimum atomic E-state index is 0.321. The van der Waals surface area contributed by atoms with Crippen molar-refractivity contribution in [3.05, 3.63) is 22.2 Å². The molecule has 2 aliphatic rings. The molecular weight excluding hydrogens is 356 g/mol. The summed E-state index contributed by atoms with van der Waals surface area (Å²) < 4.78 is 12.8. The Kier molecular flexibility index (Phi) is 5.49. The van der Waals surface area contributed by atoms with Gasteiger partial charge in [0.2, 0.25) is 0 Å². The standard InChI is InChI=1S/C18H27BrN2O2/c1-21-11-12(10-20)7-16(21)13-8-15(19)18(17(9-13)22-2)23-14-5-3-4-6-14/h8-9,12,14,16H,3-7,10-11,20H2,1-2H3. The van der Waals surface area contributed by atoms with E-state index >= 15 is 0 Å². The first-order valence-electron chi connectivity index (χ1n) is 8.56. The molecule has 1 aromatic rings. The molecule has 0 aromatic heterocycles. The van der Waals surface area contributed by atoms with Crippen LogP contribution in [0.15, 0.2) is 16.6 Å². The van der Waals surface area contributed by atoms with Crippen LogP contribution in [0, 0.1) is 5.92 Å². The molecule has 2 unspecified atom stereocenters. The van der Waals surface area contributed by atoms with Crippen LogP contribution in [0.25, 0.3) is 0 Å². The van der Waals surface area contributed by atoms with Crippen LogP contribution in [0.1, 0.15) is 43.7 Å². The van der Waals surface area contributed by atoms with E-state index in [9.17, 15) is 0 Å². The van der Waals surface area contributed by atoms with Gasteiger partial charge in [-0.3, -0.25) is 4.90 Å². The first-order chi connectivity index (χ1) is 11.1. The van der Waals surface area contributed by atoms with Crippen molar-refractivity contribution in [3.8, 4) is 11.5 Å². The molecule has 23 heavy (non-hydrogen) atoms. The van der Waals surface area contributed by atoms with E-state index in [1.807, 2.05) is 0 Å². The molecule has 3 rings (SSSR count). The number of nitrogens with two attached hydrogens (primary N) is 1. The summed E-state index contributed by atoms with van der Waals surface area (Å²) in [6.45, 7) is 1.81. The molecule has 1 aliphatic heterocycles. The second-order valence-corrected chi connectivity index (χ2v) is 7.71. The zero-order valence-corrected chi connectivity index (χ0v) is 15.6. The lowest BCUT2D eigenvalue weighted by atomic mass is 9.99. The van der Waals surface area contributed by atoms with Crippen molar-refractivity contribution < 1.29 is 9.47 Å². The van der Waals surface area contributed by atoms with Gasteiger partial charge in [0.25, 0.3) is 0 Å². The van der Waals surface area contributed by atoms with Crippen LogP contribution >= 0.6 is 15.9 Å². The number of nitrogens with zero attached hydrogens (tertiary/aromatic N) is 1. The van der Waals surface area contributed by atoms with Gasteiger partial charge in [0.05, 0.1) is 17.7 Å². The molecule has 2 atom stereocenters. The maximum Gasteiger partial charge on any atom is 0.175 e. The third-order valence-electron chi connectivity index (χ3n) is 5.19. The second kappa shape index (κ2) is 7.41. The van der Waals surface area contributed by atoms with Gasteiger partial charge < -0.3 is 15.2 Å². The maximum atomic E-state index is 6.21. The number of ether oxygens (including phenoxy) is 2. The summed E-state index contributed by atoms with van der Waals surface area (Å²) >= 11 is 3.70. The lowest BCUT2D eigenvalue weighted by Crippen LogP contribution is -2.20. The Bertz CT molecular complexity index is 546. The molecule has 1 aromatic carbocycles. The summed E-state index contributed by atoms with van der Waals surface area (Å²) in [6, 6.07) is 4.72. The lowest BCUT2D eigenvalue weighted by Gasteiger charge is -2.23. The van der Waals surface area contributed by atoms with Gasteiger partial charge in [-0.25, -0.2) is 0 Å². The second-order valence-electron chi connectivity index (χ2n) is 6.85. The van der Waals surface area contributed by atoms with Gasteiger partial charge in [-0.05, 0) is 85.2 Å². The maximum absolute atomic E-state index is 6.21. The van der Waals surface area contributed by atoms with Crippen molar-refractivity contribution in [1.82, 2.24) is 4.90 Å². The summed E-state index contributed by atoms with van der Waals surface area (Å²) in [5.41, 5.74) is 7.13. The molecule has 0 spiro atoms. The van der Waals surface area contributed by atoms with Crippen molar-refractivity contribution >= 4 is 15.9 Å². The minimum Gasteiger partial charge on any atom is -0.493 e. The van der Waals surface area contributed by atoms with Gasteiger partial charge in [-0.2, -0.15) is 0 Å². The van der Waals surface area contributed by atoms with E-state index in [1.165, 1.54) is 18.4 Å². The van der Waals surface area contributed by atoms with Crippen LogP contribution in [0.2, 0.25) is 0 Å². The van der Waals surface area contributed by atoms with Gasteiger partial charge in [-0.1, -0.05) is 0 Å². The van der Waals surface area contributed by atoms with Gasteiger partial charge in [0.15, 0.2) is 11.5 Å². The van der Waals surface area contributed by atoms with Crippen LogP contribution in [0.5, 0.6) is 11.5 Å². The number of hydrogen-bond acceptors (Lipinski definition) is 4. The highest BCUT2D eigenvalue weighted by Gasteiger charge is 2.31. The summed E-state index contributed by atoms with van der Waals surface area (Å²) in [6.07, 6.45) is 6.22. The SMILES string of the molecule is COc1cc(C2CC(CN)CN2C)cc(Br)c1OC1CCCC1. The average molecular weight is 383 g/mol. The van der Waals surface area contributed by atoms with Crippen LogP contribution in [0.4, 0.5) is 0 Å². The molecule has 4 nitrogen and oxygen atoms in total. The van der Waals surface area contributed by atoms with Gasteiger partial charge in [0, 0.05) is 12.6 Å². The first kappa shape index (κ1) is 17.1. The van der Waals surface area contributed by atoms with Crippen molar-refractivity contribution in [1.29, 1.82) is 0 Å². The van der Waals surface area contributed by atoms with E-state index in [1.54, 1.807) is 7.11 Å². The van der Waals surface area contributed by atoms with Crippen LogP contribution < -0.4 is 15.2 Å². The number of halogens is 1. The number of rotatable bonds is 5. The third kappa shape index (κ3) is 3.67. The van der Waals surface area contributed by atoms with E-state index in [0.29, 0.717) is 18.1 Å². The normalized spacial score (nSPS) is 25.9. The molecule has 128 valence electrons. The minimum absolute atomic E-state index is 0.321. The van der Waals surface area contributed by atoms with Gasteiger partial charge >= 0.3 is 0 Å². The van der Waals surface area contributed by atoms with Crippen molar-refractivity contribution in [2.45, 2.75) is 44.2 Å². The molecule has 0 amide bonds. The fourth-order valence-corrected chi connectivity index (χ4v) is 4.44. The monoisotopic (exact) mass is 382 g/mol. The Morgan fingerprint density at radius 3 is 2.65 bits per heavy atom. The van der Waals surface area contributed by atoms with Crippen LogP contribution in [-0.4, -0.2) is 38.3 Å². The summed E-state index contributed by atoms with van der Waals surface area (Å²) in [4.78, 5) is 2.39. The smallest absolute Gasteiger partial charge is 0.175 e. The molecule has 0 bridgehead atoms. The Morgan fingerprint density at radius 1 is 1.30 bits per heavy atom. The van der Waals surface area contributed by atoms with E-state index < -0.39 is 0 Å². The fraction of sp³-hybridized carbons (Fsp3) is 0.667. The number of likely N-dealkylation sites (tertiary alicyclic amines) is 1. The number of methoxy groups -OCH3 is 1. The van der Waals surface area contributed by atoms with Crippen molar-refractivity contribution in [3.63, 3.8) is 0 Å². The van der Waals surface area contributed by atoms with Crippen molar-refractivity contribution in [2.24, 2.45) is 11.7 Å². The third-order valence-corrected chi connectivity index (χ3v) is 5.78. The Labute approximate surface area is 147 Å². The predicted octanol–water partition coefficient (Wildman–Crippen LogP) is 3.73. The highest BCUT2D eigenvalue weighted by molar-refractivity contribution is 9.10. The quantitative estimate of drug-likeness (QED) is 0.842. The lowest BCUT2D eigenvalue weighted by molar-refractivity contribution is 0.199. The molecular formula is C18H27BrN2O2. The van der Waals surface area contributed by atoms with E-state index in [2.05, 4.69) is 40.0 Å². The summed E-state index contributed by atoms with van der Waals surface area (Å²) in [5, 5.41) is 0. The largest absolute Gasteiger partial charge is 0.493 e. The topological polar surface area (TPSA) is 47.7 Å². The Hall–Kier alpha value is -0.780. The van der Waals surface area contributed by atoms with E-state index in [-0.39, 0.29) is 0 Å². The molecule has 0 radical (unpaired) electrons. The molecule has 2 fully saturated rings. The highest BCUT2D eigenvalue weighted by Crippen LogP contribution is 2.43. The Morgan fingerprint density at radius 2 is 2.04 bits per heavy atom. The molecule has 5 heteroatoms. The number of benzene rings is 1. The number of hydrogen-bond donors (Lipinski definition) is 1. The summed E-state index contributed by atoms with van der Waals surface area (Å²) in [5.74, 6) is 2.24. The summed E-state index contributed by atoms with van der Waals surface area (Å²) in [7, 11) is 3.89. The Balaban J connectivity index is 1.84. The fourth-order valence-electron chi connectivity index (χ4n) is 3.89.